The molecule has 0 bridgehead atoms. The number of rotatable bonds is 4. The first kappa shape index (κ1) is 15.0. The van der Waals surface area contributed by atoms with E-state index in [1.54, 1.807) is 0 Å². The van der Waals surface area contributed by atoms with Crippen LogP contribution in [0.2, 0.25) is 0 Å². The van der Waals surface area contributed by atoms with E-state index in [9.17, 15) is 4.79 Å². The lowest BCUT2D eigenvalue weighted by molar-refractivity contribution is -0.133. The third-order valence-electron chi connectivity index (χ3n) is 4.75. The molecule has 1 fully saturated rings. The summed E-state index contributed by atoms with van der Waals surface area (Å²) in [5.41, 5.74) is 6.72. The van der Waals surface area contributed by atoms with Crippen LogP contribution in [0.4, 0.5) is 0 Å². The van der Waals surface area contributed by atoms with Crippen LogP contribution in [0, 0.1) is 11.3 Å². The van der Waals surface area contributed by atoms with E-state index in [4.69, 9.17) is 5.73 Å². The van der Waals surface area contributed by atoms with Crippen molar-refractivity contribution in [2.75, 3.05) is 6.54 Å². The fraction of sp³-hybridized carbons (Fsp3) is 0.588. The molecular weight excluding hydrogens is 248 g/mol. The van der Waals surface area contributed by atoms with E-state index < -0.39 is 0 Å². The lowest BCUT2D eigenvalue weighted by atomic mass is 9.70. The van der Waals surface area contributed by atoms with Gasteiger partial charge in [-0.2, -0.15) is 0 Å². The van der Waals surface area contributed by atoms with Gasteiger partial charge in [0.05, 0.1) is 11.5 Å². The molecule has 2 rings (SSSR count). The molecule has 1 saturated carbocycles. The minimum Gasteiger partial charge on any atom is -0.349 e. The molecule has 1 aliphatic carbocycles. The molecule has 1 aliphatic rings. The lowest BCUT2D eigenvalue weighted by Gasteiger charge is -2.38. The van der Waals surface area contributed by atoms with Gasteiger partial charge in [-0.15, -0.1) is 0 Å². The fourth-order valence-corrected chi connectivity index (χ4v) is 3.01. The summed E-state index contributed by atoms with van der Waals surface area (Å²) >= 11 is 0. The van der Waals surface area contributed by atoms with Crippen molar-refractivity contribution >= 4 is 5.91 Å². The van der Waals surface area contributed by atoms with E-state index in [-0.39, 0.29) is 17.4 Å². The van der Waals surface area contributed by atoms with Crippen molar-refractivity contribution in [2.45, 2.75) is 45.6 Å². The molecule has 1 amide bonds. The molecule has 1 aromatic carbocycles. The third kappa shape index (κ3) is 3.21. The minimum atomic E-state index is -0.352. The van der Waals surface area contributed by atoms with Gasteiger partial charge in [-0.25, -0.2) is 0 Å². The van der Waals surface area contributed by atoms with Crippen LogP contribution >= 0.6 is 0 Å². The van der Waals surface area contributed by atoms with Crippen molar-refractivity contribution in [1.29, 1.82) is 0 Å². The van der Waals surface area contributed by atoms with Crippen molar-refractivity contribution in [1.82, 2.24) is 5.32 Å². The summed E-state index contributed by atoms with van der Waals surface area (Å²) in [5, 5.41) is 3.15. The summed E-state index contributed by atoms with van der Waals surface area (Å²) in [6.45, 7) is 4.74. The molecule has 110 valence electrons. The molecule has 0 saturated heterocycles. The molecular formula is C17H26N2O. The minimum absolute atomic E-state index is 0.0338. The Bertz CT molecular complexity index is 436. The molecule has 3 nitrogen and oxygen atoms in total. The zero-order chi connectivity index (χ0) is 14.6. The Morgan fingerprint density at radius 2 is 1.95 bits per heavy atom. The molecule has 20 heavy (non-hydrogen) atoms. The standard InChI is InChI=1S/C17H26N2O/c1-13-8-10-17(12-18,11-9-13)16(20)19-14(2)15-6-4-3-5-7-15/h3-7,13-14H,8-12,18H2,1-2H3,(H,19,20)/t13?,14-,17?/m1/s1. The zero-order valence-corrected chi connectivity index (χ0v) is 12.6. The number of amides is 1. The maximum absolute atomic E-state index is 12.7. The molecule has 0 spiro atoms. The van der Waals surface area contributed by atoms with Gasteiger partial charge < -0.3 is 11.1 Å². The van der Waals surface area contributed by atoms with Crippen LogP contribution in [0.25, 0.3) is 0 Å². The molecule has 3 heteroatoms. The van der Waals surface area contributed by atoms with Gasteiger partial charge >= 0.3 is 0 Å². The molecule has 0 unspecified atom stereocenters. The fourth-order valence-electron chi connectivity index (χ4n) is 3.01. The second-order valence-electron chi connectivity index (χ2n) is 6.27. The highest BCUT2D eigenvalue weighted by Crippen LogP contribution is 2.38. The Hall–Kier alpha value is -1.35. The predicted molar refractivity (Wildman–Crippen MR) is 82.1 cm³/mol. The topological polar surface area (TPSA) is 55.1 Å². The number of carbonyl (C=O) groups excluding carboxylic acids is 1. The largest absolute Gasteiger partial charge is 0.349 e. The van der Waals surface area contributed by atoms with Gasteiger partial charge in [0.2, 0.25) is 5.91 Å². The Balaban J connectivity index is 2.03. The highest BCUT2D eigenvalue weighted by molar-refractivity contribution is 5.83. The highest BCUT2D eigenvalue weighted by atomic mass is 16.2. The van der Waals surface area contributed by atoms with Crippen molar-refractivity contribution in [3.8, 4) is 0 Å². The van der Waals surface area contributed by atoms with E-state index in [1.165, 1.54) is 0 Å². The summed E-state index contributed by atoms with van der Waals surface area (Å²) in [4.78, 5) is 12.7. The summed E-state index contributed by atoms with van der Waals surface area (Å²) in [6, 6.07) is 10.1. The van der Waals surface area contributed by atoms with Crippen LogP contribution in [0.5, 0.6) is 0 Å². The Morgan fingerprint density at radius 1 is 1.35 bits per heavy atom. The van der Waals surface area contributed by atoms with E-state index in [1.807, 2.05) is 37.3 Å². The summed E-state index contributed by atoms with van der Waals surface area (Å²) in [6.07, 6.45) is 4.03. The van der Waals surface area contributed by atoms with Gasteiger partial charge in [-0.05, 0) is 44.1 Å². The van der Waals surface area contributed by atoms with Crippen molar-refractivity contribution in [2.24, 2.45) is 17.1 Å². The summed E-state index contributed by atoms with van der Waals surface area (Å²) < 4.78 is 0. The first-order valence-corrected chi connectivity index (χ1v) is 7.63. The maximum Gasteiger partial charge on any atom is 0.227 e. The Morgan fingerprint density at radius 3 is 2.50 bits per heavy atom. The van der Waals surface area contributed by atoms with Gasteiger partial charge in [0, 0.05) is 6.54 Å². The number of nitrogens with one attached hydrogen (secondary N) is 1. The van der Waals surface area contributed by atoms with Gasteiger partial charge in [-0.1, -0.05) is 37.3 Å². The van der Waals surface area contributed by atoms with Crippen molar-refractivity contribution < 1.29 is 4.79 Å². The third-order valence-corrected chi connectivity index (χ3v) is 4.75. The SMILES string of the molecule is CC1CCC(CN)(C(=O)N[C@H](C)c2ccccc2)CC1. The molecule has 0 aromatic heterocycles. The van der Waals surface area contributed by atoms with Crippen LogP contribution in [0.15, 0.2) is 30.3 Å². The number of carbonyl (C=O) groups is 1. The molecule has 0 aliphatic heterocycles. The summed E-state index contributed by atoms with van der Waals surface area (Å²) in [7, 11) is 0. The average Bonchev–Trinajstić information content (AvgIpc) is 2.49. The van der Waals surface area contributed by atoms with Crippen molar-refractivity contribution in [3.63, 3.8) is 0 Å². The number of nitrogens with two attached hydrogens (primary N) is 1. The molecule has 1 atom stereocenters. The van der Waals surface area contributed by atoms with E-state index >= 15 is 0 Å². The number of hydrogen-bond donors (Lipinski definition) is 2. The van der Waals surface area contributed by atoms with E-state index in [0.29, 0.717) is 12.5 Å². The van der Waals surface area contributed by atoms with E-state index in [0.717, 1.165) is 31.2 Å². The molecule has 3 N–H and O–H groups in total. The smallest absolute Gasteiger partial charge is 0.227 e. The average molecular weight is 274 g/mol. The van der Waals surface area contributed by atoms with Gasteiger partial charge in [-0.3, -0.25) is 4.79 Å². The first-order valence-electron chi connectivity index (χ1n) is 7.63. The Kier molecular flexibility index (Phi) is 4.81. The van der Waals surface area contributed by atoms with Crippen LogP contribution < -0.4 is 11.1 Å². The maximum atomic E-state index is 12.7. The number of benzene rings is 1. The van der Waals surface area contributed by atoms with Gasteiger partial charge in [0.25, 0.3) is 0 Å². The van der Waals surface area contributed by atoms with Crippen molar-refractivity contribution in [3.05, 3.63) is 35.9 Å². The van der Waals surface area contributed by atoms with Crippen LogP contribution in [0.3, 0.4) is 0 Å². The monoisotopic (exact) mass is 274 g/mol. The highest BCUT2D eigenvalue weighted by Gasteiger charge is 2.40. The quantitative estimate of drug-likeness (QED) is 0.886. The zero-order valence-electron chi connectivity index (χ0n) is 12.6. The predicted octanol–water partition coefficient (Wildman–Crippen LogP) is 3.02. The van der Waals surface area contributed by atoms with E-state index in [2.05, 4.69) is 12.2 Å². The lowest BCUT2D eigenvalue weighted by Crippen LogP contribution is -2.48. The van der Waals surface area contributed by atoms with Gasteiger partial charge in [0.15, 0.2) is 0 Å². The van der Waals surface area contributed by atoms with Crippen LogP contribution in [-0.4, -0.2) is 12.5 Å². The molecule has 0 radical (unpaired) electrons. The normalized spacial score (nSPS) is 27.9. The Labute approximate surface area is 121 Å². The second-order valence-corrected chi connectivity index (χ2v) is 6.27. The van der Waals surface area contributed by atoms with Crippen LogP contribution in [0.1, 0.15) is 51.1 Å². The molecule has 1 aromatic rings. The second kappa shape index (κ2) is 6.40. The first-order chi connectivity index (χ1) is 9.57. The van der Waals surface area contributed by atoms with Gasteiger partial charge in [0.1, 0.15) is 0 Å². The van der Waals surface area contributed by atoms with Crippen LogP contribution in [-0.2, 0) is 4.79 Å². The molecule has 0 heterocycles. The summed E-state index contributed by atoms with van der Waals surface area (Å²) in [5.74, 6) is 0.845. The number of hydrogen-bond acceptors (Lipinski definition) is 2.